The molecule has 1 fully saturated rings. The predicted molar refractivity (Wildman–Crippen MR) is 74.8 cm³/mol. The van der Waals surface area contributed by atoms with E-state index < -0.39 is 6.09 Å². The second-order valence-corrected chi connectivity index (χ2v) is 5.00. The van der Waals surface area contributed by atoms with Crippen molar-refractivity contribution in [1.82, 2.24) is 10.2 Å². The van der Waals surface area contributed by atoms with E-state index in [-0.39, 0.29) is 35.9 Å². The van der Waals surface area contributed by atoms with Gasteiger partial charge in [0.2, 0.25) is 0 Å². The smallest absolute Gasteiger partial charge is 0.407 e. The Morgan fingerprint density at radius 3 is 2.90 bits per heavy atom. The van der Waals surface area contributed by atoms with Crippen LogP contribution >= 0.6 is 11.6 Å². The number of amides is 2. The highest BCUT2D eigenvalue weighted by molar-refractivity contribution is 6.32. The lowest BCUT2D eigenvalue weighted by Gasteiger charge is -2.31. The molecule has 0 saturated carbocycles. The zero-order chi connectivity index (χ0) is 15.4. The van der Waals surface area contributed by atoms with Crippen molar-refractivity contribution in [2.75, 3.05) is 26.2 Å². The van der Waals surface area contributed by atoms with E-state index in [1.807, 2.05) is 0 Å². The first-order valence-corrected chi connectivity index (χ1v) is 6.71. The molecule has 1 atom stereocenters. The van der Waals surface area contributed by atoms with Crippen molar-refractivity contribution in [3.05, 3.63) is 28.8 Å². The molecular weight excluding hydrogens is 300 g/mol. The Labute approximate surface area is 126 Å². The number of phenols is 1. The fraction of sp³-hybridized carbons (Fsp3) is 0.385. The highest BCUT2D eigenvalue weighted by Crippen LogP contribution is 2.23. The number of carboxylic acid groups (broad SMARTS) is 1. The number of halogens is 1. The van der Waals surface area contributed by atoms with Crippen LogP contribution in [-0.4, -0.2) is 59.5 Å². The Kier molecular flexibility index (Phi) is 4.87. The normalized spacial score (nSPS) is 18.3. The number of carbonyl (C=O) groups is 2. The third kappa shape index (κ3) is 3.99. The Morgan fingerprint density at radius 1 is 1.48 bits per heavy atom. The second kappa shape index (κ2) is 6.64. The molecule has 0 spiro atoms. The van der Waals surface area contributed by atoms with E-state index in [0.717, 1.165) is 0 Å². The third-order valence-corrected chi connectivity index (χ3v) is 3.41. The van der Waals surface area contributed by atoms with E-state index in [4.69, 9.17) is 21.4 Å². The van der Waals surface area contributed by atoms with Crippen molar-refractivity contribution in [2.45, 2.75) is 6.10 Å². The number of ether oxygens (including phenoxy) is 1. The van der Waals surface area contributed by atoms with Crippen LogP contribution in [0.3, 0.4) is 0 Å². The number of benzene rings is 1. The predicted octanol–water partition coefficient (Wildman–Crippen LogP) is 1.15. The summed E-state index contributed by atoms with van der Waals surface area (Å²) in [4.78, 5) is 24.1. The largest absolute Gasteiger partial charge is 0.506 e. The highest BCUT2D eigenvalue weighted by Gasteiger charge is 2.24. The van der Waals surface area contributed by atoms with Crippen molar-refractivity contribution < 1.29 is 24.5 Å². The monoisotopic (exact) mass is 314 g/mol. The molecule has 1 heterocycles. The van der Waals surface area contributed by atoms with E-state index >= 15 is 0 Å². The first kappa shape index (κ1) is 15.4. The van der Waals surface area contributed by atoms with Crippen LogP contribution < -0.4 is 5.32 Å². The lowest BCUT2D eigenvalue weighted by Crippen LogP contribution is -2.49. The lowest BCUT2D eigenvalue weighted by atomic mass is 10.2. The van der Waals surface area contributed by atoms with Gasteiger partial charge in [0.25, 0.3) is 5.91 Å². The van der Waals surface area contributed by atoms with Gasteiger partial charge in [0.05, 0.1) is 24.3 Å². The summed E-state index contributed by atoms with van der Waals surface area (Å²) >= 11 is 5.73. The highest BCUT2D eigenvalue weighted by atomic mass is 35.5. The van der Waals surface area contributed by atoms with Gasteiger partial charge >= 0.3 is 6.09 Å². The van der Waals surface area contributed by atoms with E-state index in [1.165, 1.54) is 23.1 Å². The second-order valence-electron chi connectivity index (χ2n) is 4.60. The third-order valence-electron chi connectivity index (χ3n) is 3.11. The molecule has 1 saturated heterocycles. The summed E-state index contributed by atoms with van der Waals surface area (Å²) in [6.07, 6.45) is -1.38. The summed E-state index contributed by atoms with van der Waals surface area (Å²) in [6.45, 7) is 1.04. The molecule has 0 bridgehead atoms. The van der Waals surface area contributed by atoms with Gasteiger partial charge < -0.3 is 25.2 Å². The maximum absolute atomic E-state index is 11.9. The van der Waals surface area contributed by atoms with Gasteiger partial charge in [-0.2, -0.15) is 0 Å². The van der Waals surface area contributed by atoms with Crippen LogP contribution in [0.25, 0.3) is 0 Å². The van der Waals surface area contributed by atoms with Crippen LogP contribution in [0, 0.1) is 0 Å². The van der Waals surface area contributed by atoms with Crippen molar-refractivity contribution in [1.29, 1.82) is 0 Å². The van der Waals surface area contributed by atoms with Crippen molar-refractivity contribution in [3.63, 3.8) is 0 Å². The zero-order valence-electron chi connectivity index (χ0n) is 11.1. The number of hydrogen-bond acceptors (Lipinski definition) is 4. The Balaban J connectivity index is 1.88. The SMILES string of the molecule is O=C(NCC1CN(C(=O)O)CCO1)c1ccc(O)c(Cl)c1. The summed E-state index contributed by atoms with van der Waals surface area (Å²) in [5, 5.41) is 21.0. The standard InChI is InChI=1S/C13H15ClN2O5/c14-10-5-8(1-2-11(10)17)12(18)15-6-9-7-16(13(19)20)3-4-21-9/h1-2,5,9,17H,3-4,6-7H2,(H,15,18)(H,19,20). The minimum Gasteiger partial charge on any atom is -0.506 e. The summed E-state index contributed by atoms with van der Waals surface area (Å²) in [5.74, 6) is -0.464. The molecule has 2 amide bonds. The number of hydrogen-bond donors (Lipinski definition) is 3. The Morgan fingerprint density at radius 2 is 2.24 bits per heavy atom. The van der Waals surface area contributed by atoms with Crippen LogP contribution in [0.1, 0.15) is 10.4 Å². The number of carbonyl (C=O) groups excluding carboxylic acids is 1. The number of rotatable bonds is 3. The van der Waals surface area contributed by atoms with Crippen molar-refractivity contribution in [2.24, 2.45) is 0 Å². The van der Waals surface area contributed by atoms with Gasteiger partial charge in [0.15, 0.2) is 0 Å². The van der Waals surface area contributed by atoms with Gasteiger partial charge in [-0.15, -0.1) is 0 Å². The van der Waals surface area contributed by atoms with Crippen molar-refractivity contribution in [3.8, 4) is 5.75 Å². The lowest BCUT2D eigenvalue weighted by molar-refractivity contribution is -0.0199. The Bertz CT molecular complexity index is 551. The van der Waals surface area contributed by atoms with Gasteiger partial charge in [-0.05, 0) is 18.2 Å². The van der Waals surface area contributed by atoms with E-state index in [1.54, 1.807) is 0 Å². The summed E-state index contributed by atoms with van der Waals surface area (Å²) in [5.41, 5.74) is 0.309. The maximum atomic E-state index is 11.9. The molecule has 1 aliphatic rings. The number of aromatic hydroxyl groups is 1. The molecule has 8 heteroatoms. The van der Waals surface area contributed by atoms with Gasteiger partial charge in [-0.3, -0.25) is 4.79 Å². The Hall–Kier alpha value is -1.99. The average Bonchev–Trinajstić information content (AvgIpc) is 2.48. The first-order valence-electron chi connectivity index (χ1n) is 6.33. The van der Waals surface area contributed by atoms with Crippen molar-refractivity contribution >= 4 is 23.6 Å². The number of nitrogens with zero attached hydrogens (tertiary/aromatic N) is 1. The molecule has 1 aromatic rings. The molecule has 0 aromatic heterocycles. The minimum absolute atomic E-state index is 0.0913. The minimum atomic E-state index is -1.00. The van der Waals surface area contributed by atoms with E-state index in [9.17, 15) is 14.7 Å². The molecule has 1 unspecified atom stereocenters. The van der Waals surface area contributed by atoms with Gasteiger partial charge in [-0.25, -0.2) is 4.79 Å². The summed E-state index contributed by atoms with van der Waals surface area (Å²) < 4.78 is 5.40. The van der Waals surface area contributed by atoms with Crippen LogP contribution in [0.15, 0.2) is 18.2 Å². The molecule has 1 aliphatic heterocycles. The van der Waals surface area contributed by atoms with Crippen LogP contribution in [0.5, 0.6) is 5.75 Å². The maximum Gasteiger partial charge on any atom is 0.407 e. The fourth-order valence-corrected chi connectivity index (χ4v) is 2.15. The van der Waals surface area contributed by atoms with Crippen LogP contribution in [0.4, 0.5) is 4.79 Å². The average molecular weight is 315 g/mol. The quantitative estimate of drug-likeness (QED) is 0.777. The molecule has 2 rings (SSSR count). The number of nitrogens with one attached hydrogen (secondary N) is 1. The summed E-state index contributed by atoms with van der Waals surface area (Å²) in [7, 11) is 0. The zero-order valence-corrected chi connectivity index (χ0v) is 11.8. The molecule has 3 N–H and O–H groups in total. The van der Waals surface area contributed by atoms with Gasteiger partial charge in [0.1, 0.15) is 5.75 Å². The fourth-order valence-electron chi connectivity index (χ4n) is 1.97. The number of morpholine rings is 1. The van der Waals surface area contributed by atoms with Gasteiger partial charge in [0, 0.05) is 18.7 Å². The van der Waals surface area contributed by atoms with E-state index in [0.29, 0.717) is 18.7 Å². The van der Waals surface area contributed by atoms with Crippen LogP contribution in [-0.2, 0) is 4.74 Å². The molecule has 114 valence electrons. The molecule has 1 aromatic carbocycles. The first-order chi connectivity index (χ1) is 9.97. The topological polar surface area (TPSA) is 99.1 Å². The number of phenolic OH excluding ortho intramolecular Hbond substituents is 1. The molecule has 7 nitrogen and oxygen atoms in total. The molecule has 21 heavy (non-hydrogen) atoms. The van der Waals surface area contributed by atoms with E-state index in [2.05, 4.69) is 5.32 Å². The van der Waals surface area contributed by atoms with Gasteiger partial charge in [-0.1, -0.05) is 11.6 Å². The molecule has 0 aliphatic carbocycles. The van der Waals surface area contributed by atoms with Crippen LogP contribution in [0.2, 0.25) is 5.02 Å². The summed E-state index contributed by atoms with van der Waals surface area (Å²) in [6, 6.07) is 4.14. The molecule has 0 radical (unpaired) electrons. The molecular formula is C13H15ClN2O5.